The van der Waals surface area contributed by atoms with Crippen molar-refractivity contribution in [2.75, 3.05) is 0 Å². The van der Waals surface area contributed by atoms with Crippen LogP contribution < -0.4 is 5.73 Å². The van der Waals surface area contributed by atoms with Crippen molar-refractivity contribution in [3.05, 3.63) is 53.6 Å². The summed E-state index contributed by atoms with van der Waals surface area (Å²) < 4.78 is 0. The van der Waals surface area contributed by atoms with Crippen molar-refractivity contribution in [3.63, 3.8) is 0 Å². The Hall–Kier alpha value is -2.29. The average molecular weight is 241 g/mol. The fraction of sp³-hybridized carbons (Fsp3) is 0.133. The maximum absolute atomic E-state index is 10.9. The van der Waals surface area contributed by atoms with Crippen molar-refractivity contribution in [1.82, 2.24) is 0 Å². The fourth-order valence-electron chi connectivity index (χ4n) is 1.99. The van der Waals surface area contributed by atoms with E-state index in [1.165, 1.54) is 0 Å². The van der Waals surface area contributed by atoms with Gasteiger partial charge >= 0.3 is 0 Å². The highest BCUT2D eigenvalue weighted by Gasteiger charge is 2.08. The van der Waals surface area contributed by atoms with Gasteiger partial charge in [-0.15, -0.1) is 0 Å². The monoisotopic (exact) mass is 241 g/mol. The quantitative estimate of drug-likeness (QED) is 0.866. The first kappa shape index (κ1) is 12.2. The molecule has 0 aliphatic heterocycles. The summed E-state index contributed by atoms with van der Waals surface area (Å²) in [6, 6.07) is 12.9. The highest BCUT2D eigenvalue weighted by atomic mass is 16.3. The predicted molar refractivity (Wildman–Crippen MR) is 71.2 cm³/mol. The molecule has 2 rings (SSSR count). The van der Waals surface area contributed by atoms with Gasteiger partial charge in [0.25, 0.3) is 0 Å². The third-order valence-electron chi connectivity index (χ3n) is 2.87. The number of benzene rings is 2. The Kier molecular flexibility index (Phi) is 3.33. The summed E-state index contributed by atoms with van der Waals surface area (Å²) in [5.74, 6) is -0.172. The molecule has 3 heteroatoms. The van der Waals surface area contributed by atoms with E-state index in [0.29, 0.717) is 0 Å². The lowest BCUT2D eigenvalue weighted by molar-refractivity contribution is -0.117. The minimum Gasteiger partial charge on any atom is -0.507 e. The number of phenols is 1. The van der Waals surface area contributed by atoms with Crippen LogP contribution in [0.1, 0.15) is 11.1 Å². The molecule has 3 N–H and O–H groups in total. The zero-order chi connectivity index (χ0) is 13.1. The maximum atomic E-state index is 10.9. The number of carbonyl (C=O) groups is 1. The van der Waals surface area contributed by atoms with E-state index >= 15 is 0 Å². The largest absolute Gasteiger partial charge is 0.507 e. The van der Waals surface area contributed by atoms with E-state index in [4.69, 9.17) is 5.73 Å². The van der Waals surface area contributed by atoms with Gasteiger partial charge in [-0.25, -0.2) is 0 Å². The van der Waals surface area contributed by atoms with Gasteiger partial charge < -0.3 is 10.8 Å². The van der Waals surface area contributed by atoms with E-state index in [0.717, 1.165) is 22.3 Å². The van der Waals surface area contributed by atoms with Crippen LogP contribution >= 0.6 is 0 Å². The van der Waals surface area contributed by atoms with Gasteiger partial charge in [-0.1, -0.05) is 30.3 Å². The minimum absolute atomic E-state index is 0.180. The van der Waals surface area contributed by atoms with Crippen LogP contribution in [0.15, 0.2) is 42.5 Å². The van der Waals surface area contributed by atoms with Crippen LogP contribution in [0.3, 0.4) is 0 Å². The number of nitrogens with two attached hydrogens (primary N) is 1. The Morgan fingerprint density at radius 1 is 1.17 bits per heavy atom. The molecule has 18 heavy (non-hydrogen) atoms. The third kappa shape index (κ3) is 2.51. The summed E-state index contributed by atoms with van der Waals surface area (Å²) in [5, 5.41) is 9.93. The number of rotatable bonds is 3. The molecule has 2 aromatic carbocycles. The molecule has 0 spiro atoms. The van der Waals surface area contributed by atoms with Crippen molar-refractivity contribution in [3.8, 4) is 16.9 Å². The van der Waals surface area contributed by atoms with Gasteiger partial charge in [-0.2, -0.15) is 0 Å². The van der Waals surface area contributed by atoms with Crippen LogP contribution in [0.25, 0.3) is 11.1 Å². The van der Waals surface area contributed by atoms with Crippen LogP contribution in [-0.2, 0) is 11.2 Å². The highest BCUT2D eigenvalue weighted by Crippen LogP contribution is 2.32. The SMILES string of the molecule is Cc1ccccc1-c1cc(CC(N)=O)ccc1O. The number of aryl methyl sites for hydroxylation is 1. The summed E-state index contributed by atoms with van der Waals surface area (Å²) >= 11 is 0. The molecule has 0 radical (unpaired) electrons. The number of phenolic OH excluding ortho intramolecular Hbond substituents is 1. The Bertz CT molecular complexity index is 591. The zero-order valence-corrected chi connectivity index (χ0v) is 10.2. The molecule has 0 saturated heterocycles. The Balaban J connectivity index is 2.50. The molecule has 0 atom stereocenters. The van der Waals surface area contributed by atoms with Gasteiger partial charge in [0.05, 0.1) is 6.42 Å². The summed E-state index contributed by atoms with van der Waals surface area (Å²) in [4.78, 5) is 10.9. The molecule has 92 valence electrons. The summed E-state index contributed by atoms with van der Waals surface area (Å²) in [6.07, 6.45) is 0.180. The van der Waals surface area contributed by atoms with Gasteiger partial charge in [-0.3, -0.25) is 4.79 Å². The fourth-order valence-corrected chi connectivity index (χ4v) is 1.99. The van der Waals surface area contributed by atoms with E-state index in [9.17, 15) is 9.90 Å². The summed E-state index contributed by atoms with van der Waals surface area (Å²) in [5.41, 5.74) is 8.75. The Morgan fingerprint density at radius 3 is 2.56 bits per heavy atom. The van der Waals surface area contributed by atoms with Gasteiger partial charge in [0.15, 0.2) is 0 Å². The Labute approximate surface area is 106 Å². The molecule has 0 bridgehead atoms. The minimum atomic E-state index is -0.378. The molecule has 0 aromatic heterocycles. The van der Waals surface area contributed by atoms with Crippen molar-refractivity contribution in [2.45, 2.75) is 13.3 Å². The van der Waals surface area contributed by atoms with Gasteiger partial charge in [0.1, 0.15) is 5.75 Å². The van der Waals surface area contributed by atoms with Crippen molar-refractivity contribution >= 4 is 5.91 Å². The van der Waals surface area contributed by atoms with E-state index in [2.05, 4.69) is 0 Å². The smallest absolute Gasteiger partial charge is 0.221 e. The van der Waals surface area contributed by atoms with Gasteiger partial charge in [0, 0.05) is 5.56 Å². The standard InChI is InChI=1S/C15H15NO2/c1-10-4-2-3-5-12(10)13-8-11(9-15(16)18)6-7-14(13)17/h2-8,17H,9H2,1H3,(H2,16,18). The lowest BCUT2D eigenvalue weighted by atomic mass is 9.97. The van der Waals surface area contributed by atoms with Crippen molar-refractivity contribution < 1.29 is 9.90 Å². The van der Waals surface area contributed by atoms with Crippen LogP contribution in [0.4, 0.5) is 0 Å². The number of hydrogen-bond acceptors (Lipinski definition) is 2. The molecule has 0 fully saturated rings. The molecular weight excluding hydrogens is 226 g/mol. The summed E-state index contributed by atoms with van der Waals surface area (Å²) in [6.45, 7) is 1.98. The predicted octanol–water partition coefficient (Wildman–Crippen LogP) is 2.40. The van der Waals surface area contributed by atoms with E-state index in [-0.39, 0.29) is 18.1 Å². The second kappa shape index (κ2) is 4.92. The van der Waals surface area contributed by atoms with Crippen LogP contribution in [0, 0.1) is 6.92 Å². The highest BCUT2D eigenvalue weighted by molar-refractivity contribution is 5.79. The lowest BCUT2D eigenvalue weighted by Crippen LogP contribution is -2.13. The average Bonchev–Trinajstić information content (AvgIpc) is 2.32. The first-order valence-corrected chi connectivity index (χ1v) is 5.74. The normalized spacial score (nSPS) is 10.3. The van der Waals surface area contributed by atoms with Crippen molar-refractivity contribution in [2.24, 2.45) is 5.73 Å². The van der Waals surface area contributed by atoms with Crippen LogP contribution in [-0.4, -0.2) is 11.0 Å². The molecule has 1 amide bonds. The molecular formula is C15H15NO2. The molecule has 2 aromatic rings. The number of amides is 1. The second-order valence-corrected chi connectivity index (χ2v) is 4.31. The number of primary amides is 1. The van der Waals surface area contributed by atoms with Crippen molar-refractivity contribution in [1.29, 1.82) is 0 Å². The van der Waals surface area contributed by atoms with Crippen LogP contribution in [0.2, 0.25) is 0 Å². The first-order chi connectivity index (χ1) is 8.58. The van der Waals surface area contributed by atoms with E-state index in [1.807, 2.05) is 37.3 Å². The van der Waals surface area contributed by atoms with Gasteiger partial charge in [-0.05, 0) is 35.7 Å². The third-order valence-corrected chi connectivity index (χ3v) is 2.87. The Morgan fingerprint density at radius 2 is 1.89 bits per heavy atom. The second-order valence-electron chi connectivity index (χ2n) is 4.31. The van der Waals surface area contributed by atoms with Crippen LogP contribution in [0.5, 0.6) is 5.75 Å². The summed E-state index contributed by atoms with van der Waals surface area (Å²) in [7, 11) is 0. The number of hydrogen-bond donors (Lipinski definition) is 2. The zero-order valence-electron chi connectivity index (χ0n) is 10.2. The molecule has 0 aliphatic carbocycles. The molecule has 3 nitrogen and oxygen atoms in total. The first-order valence-electron chi connectivity index (χ1n) is 5.74. The molecule has 0 aliphatic rings. The van der Waals surface area contributed by atoms with E-state index < -0.39 is 0 Å². The van der Waals surface area contributed by atoms with Gasteiger partial charge in [0.2, 0.25) is 5.91 Å². The molecule has 0 saturated carbocycles. The lowest BCUT2D eigenvalue weighted by Gasteiger charge is -2.09. The molecule has 0 heterocycles. The van der Waals surface area contributed by atoms with E-state index in [1.54, 1.807) is 12.1 Å². The number of aromatic hydroxyl groups is 1. The maximum Gasteiger partial charge on any atom is 0.221 e. The topological polar surface area (TPSA) is 63.3 Å². The molecule has 0 unspecified atom stereocenters. The number of carbonyl (C=O) groups excluding carboxylic acids is 1.